The number of aliphatic carboxylic acids is 1. The van der Waals surface area contributed by atoms with Crippen LogP contribution in [0.5, 0.6) is 5.75 Å². The first-order valence-corrected chi connectivity index (χ1v) is 9.46. The normalized spacial score (nSPS) is 14.6. The van der Waals surface area contributed by atoms with Gasteiger partial charge in [0.1, 0.15) is 5.75 Å². The first-order valence-electron chi connectivity index (χ1n) is 9.46. The molecule has 0 atom stereocenters. The zero-order valence-corrected chi connectivity index (χ0v) is 15.7. The summed E-state index contributed by atoms with van der Waals surface area (Å²) in [5, 5.41) is 10.4. The van der Waals surface area contributed by atoms with Gasteiger partial charge in [-0.2, -0.15) is 0 Å². The van der Waals surface area contributed by atoms with Crippen LogP contribution in [0, 0.1) is 0 Å². The summed E-state index contributed by atoms with van der Waals surface area (Å²) in [6.45, 7) is 4.13. The number of fused-ring (bicyclic) bond motifs is 3. The summed E-state index contributed by atoms with van der Waals surface area (Å²) in [5.74, 6) is -0.423. The Kier molecular flexibility index (Phi) is 4.38. The Morgan fingerprint density at radius 1 is 1.19 bits per heavy atom. The smallest absolute Gasteiger partial charge is 0.347 e. The second-order valence-corrected chi connectivity index (χ2v) is 7.60. The molecular formula is C22H24N2O3. The molecular weight excluding hydrogens is 340 g/mol. The fourth-order valence-corrected chi connectivity index (χ4v) is 3.84. The summed E-state index contributed by atoms with van der Waals surface area (Å²) in [6, 6.07) is 11.8. The van der Waals surface area contributed by atoms with Gasteiger partial charge in [-0.1, -0.05) is 12.5 Å². The van der Waals surface area contributed by atoms with Gasteiger partial charge in [-0.3, -0.25) is 4.98 Å². The fourth-order valence-electron chi connectivity index (χ4n) is 3.84. The lowest BCUT2D eigenvalue weighted by atomic mass is 10.0. The number of rotatable bonds is 4. The average molecular weight is 364 g/mol. The number of ether oxygens (including phenoxy) is 1. The number of carboxylic acid groups (broad SMARTS) is 1. The van der Waals surface area contributed by atoms with Crippen molar-refractivity contribution in [2.24, 2.45) is 0 Å². The number of carbonyl (C=O) groups is 1. The van der Waals surface area contributed by atoms with E-state index in [0.717, 1.165) is 35.1 Å². The standard InChI is InChI=1S/C22H24N2O3/c1-22(2,21(25)26)27-15-10-11-18-16(14-15)20(17-8-5-6-12-23-17)19-9-4-3-7-13-24(18)19/h5-6,8,10-12,14H,3-4,7,9,13H2,1-2H3,(H,25,26). The lowest BCUT2D eigenvalue weighted by Gasteiger charge is -2.21. The lowest BCUT2D eigenvalue weighted by molar-refractivity contribution is -0.152. The van der Waals surface area contributed by atoms with Crippen LogP contribution in [0.25, 0.3) is 22.2 Å². The minimum absolute atomic E-state index is 0.563. The molecule has 5 heteroatoms. The highest BCUT2D eigenvalue weighted by molar-refractivity contribution is 5.98. The van der Waals surface area contributed by atoms with E-state index in [1.165, 1.54) is 25.0 Å². The molecule has 0 spiro atoms. The largest absolute Gasteiger partial charge is 0.478 e. The maximum absolute atomic E-state index is 11.4. The number of aryl methyl sites for hydroxylation is 1. The highest BCUT2D eigenvalue weighted by atomic mass is 16.5. The van der Waals surface area contributed by atoms with E-state index in [1.807, 2.05) is 42.6 Å². The molecule has 27 heavy (non-hydrogen) atoms. The first-order chi connectivity index (χ1) is 13.0. The van der Waals surface area contributed by atoms with E-state index in [-0.39, 0.29) is 0 Å². The number of carboxylic acids is 1. The Morgan fingerprint density at radius 2 is 2.04 bits per heavy atom. The van der Waals surface area contributed by atoms with Crippen LogP contribution in [-0.2, 0) is 17.8 Å². The molecule has 0 bridgehead atoms. The van der Waals surface area contributed by atoms with Gasteiger partial charge in [0.2, 0.25) is 0 Å². The fraction of sp³-hybridized carbons (Fsp3) is 0.364. The second-order valence-electron chi connectivity index (χ2n) is 7.60. The SMILES string of the molecule is CC(C)(Oc1ccc2c(c1)c(-c1ccccn1)c1n2CCCCC1)C(=O)O. The van der Waals surface area contributed by atoms with Gasteiger partial charge in [0.25, 0.3) is 0 Å². The molecule has 3 heterocycles. The molecule has 1 aromatic carbocycles. The van der Waals surface area contributed by atoms with Gasteiger partial charge < -0.3 is 14.4 Å². The van der Waals surface area contributed by atoms with Crippen molar-refractivity contribution >= 4 is 16.9 Å². The van der Waals surface area contributed by atoms with Crippen LogP contribution in [0.1, 0.15) is 38.8 Å². The van der Waals surface area contributed by atoms with E-state index in [9.17, 15) is 9.90 Å². The van der Waals surface area contributed by atoms with Gasteiger partial charge in [0.05, 0.1) is 5.69 Å². The molecule has 4 rings (SSSR count). The van der Waals surface area contributed by atoms with Crippen molar-refractivity contribution in [3.05, 3.63) is 48.3 Å². The van der Waals surface area contributed by atoms with Gasteiger partial charge in [-0.25, -0.2) is 4.79 Å². The van der Waals surface area contributed by atoms with Crippen molar-refractivity contribution in [3.63, 3.8) is 0 Å². The molecule has 1 aliphatic heterocycles. The van der Waals surface area contributed by atoms with Crippen molar-refractivity contribution in [2.75, 3.05) is 0 Å². The van der Waals surface area contributed by atoms with E-state index >= 15 is 0 Å². The molecule has 1 N–H and O–H groups in total. The maximum atomic E-state index is 11.4. The van der Waals surface area contributed by atoms with Gasteiger partial charge >= 0.3 is 5.97 Å². The van der Waals surface area contributed by atoms with Gasteiger partial charge in [-0.05, 0) is 63.4 Å². The number of hydrogen-bond donors (Lipinski definition) is 1. The molecule has 1 aliphatic rings. The summed E-state index contributed by atoms with van der Waals surface area (Å²) in [5.41, 5.74) is 3.29. The minimum Gasteiger partial charge on any atom is -0.478 e. The Hall–Kier alpha value is -2.82. The number of nitrogens with zero attached hydrogens (tertiary/aromatic N) is 2. The molecule has 0 radical (unpaired) electrons. The molecule has 3 aromatic rings. The van der Waals surface area contributed by atoms with Crippen LogP contribution in [0.15, 0.2) is 42.6 Å². The molecule has 0 unspecified atom stereocenters. The number of aromatic nitrogens is 2. The number of pyridine rings is 1. The van der Waals surface area contributed by atoms with Gasteiger partial charge in [0.15, 0.2) is 5.60 Å². The van der Waals surface area contributed by atoms with Crippen molar-refractivity contribution in [3.8, 4) is 17.0 Å². The lowest BCUT2D eigenvalue weighted by Crippen LogP contribution is -2.37. The Labute approximate surface area is 158 Å². The maximum Gasteiger partial charge on any atom is 0.347 e. The molecule has 0 aliphatic carbocycles. The number of hydrogen-bond acceptors (Lipinski definition) is 3. The Balaban J connectivity index is 1.91. The van der Waals surface area contributed by atoms with Crippen LogP contribution in [0.3, 0.4) is 0 Å². The highest BCUT2D eigenvalue weighted by Crippen LogP contribution is 2.38. The summed E-state index contributed by atoms with van der Waals surface area (Å²) in [6.07, 6.45) is 6.42. The van der Waals surface area contributed by atoms with Crippen LogP contribution >= 0.6 is 0 Å². The molecule has 2 aromatic heterocycles. The molecule has 0 amide bonds. The third kappa shape index (κ3) is 3.18. The molecule has 5 nitrogen and oxygen atoms in total. The van der Waals surface area contributed by atoms with Crippen molar-refractivity contribution < 1.29 is 14.6 Å². The predicted octanol–water partition coefficient (Wildman–Crippen LogP) is 4.67. The van der Waals surface area contributed by atoms with Crippen molar-refractivity contribution in [2.45, 2.75) is 51.7 Å². The third-order valence-corrected chi connectivity index (χ3v) is 5.25. The highest BCUT2D eigenvalue weighted by Gasteiger charge is 2.30. The number of benzene rings is 1. The van der Waals surface area contributed by atoms with Crippen molar-refractivity contribution in [1.29, 1.82) is 0 Å². The van der Waals surface area contributed by atoms with Crippen LogP contribution in [-0.4, -0.2) is 26.2 Å². The third-order valence-electron chi connectivity index (χ3n) is 5.25. The minimum atomic E-state index is -1.28. The summed E-state index contributed by atoms with van der Waals surface area (Å²) in [4.78, 5) is 16.0. The molecule has 140 valence electrons. The zero-order valence-electron chi connectivity index (χ0n) is 15.7. The Bertz CT molecular complexity index is 990. The Morgan fingerprint density at radius 3 is 2.78 bits per heavy atom. The van der Waals surface area contributed by atoms with Crippen LogP contribution in [0.2, 0.25) is 0 Å². The van der Waals surface area contributed by atoms with E-state index < -0.39 is 11.6 Å². The monoisotopic (exact) mass is 364 g/mol. The molecule has 0 saturated carbocycles. The second kappa shape index (κ2) is 6.72. The predicted molar refractivity (Wildman–Crippen MR) is 105 cm³/mol. The average Bonchev–Trinajstić information content (AvgIpc) is 2.78. The summed E-state index contributed by atoms with van der Waals surface area (Å²) >= 11 is 0. The van der Waals surface area contributed by atoms with E-state index in [1.54, 1.807) is 13.8 Å². The quantitative estimate of drug-likeness (QED) is 0.730. The molecule has 0 fully saturated rings. The van der Waals surface area contributed by atoms with Crippen LogP contribution in [0.4, 0.5) is 0 Å². The van der Waals surface area contributed by atoms with Gasteiger partial charge in [0, 0.05) is 34.9 Å². The van der Waals surface area contributed by atoms with Crippen LogP contribution < -0.4 is 4.74 Å². The van der Waals surface area contributed by atoms with Crippen molar-refractivity contribution in [1.82, 2.24) is 9.55 Å². The summed E-state index contributed by atoms with van der Waals surface area (Å²) < 4.78 is 8.19. The first kappa shape index (κ1) is 17.6. The van der Waals surface area contributed by atoms with Gasteiger partial charge in [-0.15, -0.1) is 0 Å². The van der Waals surface area contributed by atoms with E-state index in [2.05, 4.69) is 9.55 Å². The molecule has 0 saturated heterocycles. The van der Waals surface area contributed by atoms with E-state index in [4.69, 9.17) is 4.74 Å². The van der Waals surface area contributed by atoms with E-state index in [0.29, 0.717) is 5.75 Å². The summed E-state index contributed by atoms with van der Waals surface area (Å²) in [7, 11) is 0. The zero-order chi connectivity index (χ0) is 19.0. The topological polar surface area (TPSA) is 64.4 Å².